The van der Waals surface area contributed by atoms with Crippen LogP contribution >= 0.6 is 11.8 Å². The number of pyridine rings is 1. The number of nitrogens with zero attached hydrogens (tertiary/aromatic N) is 5. The third kappa shape index (κ3) is 5.19. The van der Waals surface area contributed by atoms with E-state index in [0.29, 0.717) is 16.7 Å². The summed E-state index contributed by atoms with van der Waals surface area (Å²) in [6.45, 7) is 5.86. The molecule has 7 nitrogen and oxygen atoms in total. The molecular formula is C15H21N7S. The molecule has 23 heavy (non-hydrogen) atoms. The summed E-state index contributed by atoms with van der Waals surface area (Å²) in [5.74, 6) is 6.71. The Bertz CT molecular complexity index is 667. The van der Waals surface area contributed by atoms with Crippen molar-refractivity contribution in [3.63, 3.8) is 0 Å². The predicted octanol–water partition coefficient (Wildman–Crippen LogP) is 1.88. The Labute approximate surface area is 140 Å². The summed E-state index contributed by atoms with van der Waals surface area (Å²) in [7, 11) is 0. The number of thioether (sulfide) groups is 1. The molecule has 0 aromatic carbocycles. The summed E-state index contributed by atoms with van der Waals surface area (Å²) >= 11 is 1.40. The average molecular weight is 331 g/mol. The van der Waals surface area contributed by atoms with E-state index in [4.69, 9.17) is 11.6 Å². The molecule has 4 N–H and O–H groups in total. The molecule has 2 aromatic rings. The second-order valence-corrected chi connectivity index (χ2v) is 6.78. The zero-order valence-electron chi connectivity index (χ0n) is 13.5. The first-order valence-corrected chi connectivity index (χ1v) is 8.10. The molecule has 0 aliphatic rings. The maximum absolute atomic E-state index is 5.91. The van der Waals surface area contributed by atoms with Crippen molar-refractivity contribution in [2.24, 2.45) is 16.7 Å². The lowest BCUT2D eigenvalue weighted by Crippen LogP contribution is -2.44. The first-order chi connectivity index (χ1) is 10.9. The Kier molecular flexibility index (Phi) is 5.51. The van der Waals surface area contributed by atoms with Gasteiger partial charge in [0.05, 0.1) is 22.7 Å². The summed E-state index contributed by atoms with van der Waals surface area (Å²) in [5.41, 5.74) is 7.20. The van der Waals surface area contributed by atoms with Gasteiger partial charge in [-0.05, 0) is 39.0 Å². The van der Waals surface area contributed by atoms with Crippen molar-refractivity contribution in [1.29, 1.82) is 0 Å². The summed E-state index contributed by atoms with van der Waals surface area (Å²) in [6.07, 6.45) is 3.44. The molecule has 0 saturated heterocycles. The van der Waals surface area contributed by atoms with E-state index in [9.17, 15) is 0 Å². The van der Waals surface area contributed by atoms with Gasteiger partial charge < -0.3 is 5.73 Å². The van der Waals surface area contributed by atoms with Crippen LogP contribution in [0.25, 0.3) is 11.4 Å². The monoisotopic (exact) mass is 331 g/mol. The lowest BCUT2D eigenvalue weighted by Gasteiger charge is -2.28. The van der Waals surface area contributed by atoms with Gasteiger partial charge in [0.1, 0.15) is 5.84 Å². The van der Waals surface area contributed by atoms with Gasteiger partial charge in [-0.25, -0.2) is 20.9 Å². The molecule has 122 valence electrons. The molecule has 2 rings (SSSR count). The maximum atomic E-state index is 5.91. The van der Waals surface area contributed by atoms with E-state index in [0.717, 1.165) is 11.4 Å². The van der Waals surface area contributed by atoms with Crippen LogP contribution in [-0.2, 0) is 0 Å². The zero-order chi connectivity index (χ0) is 16.9. The molecule has 0 amide bonds. The highest BCUT2D eigenvalue weighted by atomic mass is 32.2. The first-order valence-electron chi connectivity index (χ1n) is 7.11. The van der Waals surface area contributed by atoms with Gasteiger partial charge in [-0.15, -0.1) is 5.10 Å². The molecule has 0 unspecified atom stereocenters. The van der Waals surface area contributed by atoms with E-state index >= 15 is 0 Å². The Morgan fingerprint density at radius 3 is 2.61 bits per heavy atom. The molecule has 2 heterocycles. The average Bonchev–Trinajstić information content (AvgIpc) is 2.53. The van der Waals surface area contributed by atoms with Gasteiger partial charge in [0.15, 0.2) is 5.16 Å². The molecule has 0 atom stereocenters. The van der Waals surface area contributed by atoms with Crippen molar-refractivity contribution < 1.29 is 0 Å². The van der Waals surface area contributed by atoms with Crippen LogP contribution in [0.1, 0.15) is 20.8 Å². The fourth-order valence-corrected chi connectivity index (χ4v) is 2.16. The molecule has 0 bridgehead atoms. The third-order valence-corrected chi connectivity index (χ3v) is 3.73. The van der Waals surface area contributed by atoms with Crippen LogP contribution in [0.4, 0.5) is 0 Å². The van der Waals surface area contributed by atoms with Crippen molar-refractivity contribution in [2.45, 2.75) is 31.5 Å². The van der Waals surface area contributed by atoms with Gasteiger partial charge in [0.25, 0.3) is 0 Å². The van der Waals surface area contributed by atoms with Gasteiger partial charge in [-0.3, -0.25) is 4.98 Å². The van der Waals surface area contributed by atoms with E-state index in [1.165, 1.54) is 16.9 Å². The third-order valence-electron chi connectivity index (χ3n) is 2.83. The highest BCUT2D eigenvalue weighted by Crippen LogP contribution is 2.18. The normalized spacial score (nSPS) is 12.3. The van der Waals surface area contributed by atoms with Gasteiger partial charge >= 0.3 is 0 Å². The number of rotatable bonds is 5. The molecule has 8 heteroatoms. The quantitative estimate of drug-likeness (QED) is 0.215. The number of nitrogens with two attached hydrogens (primary N) is 2. The molecule has 0 spiro atoms. The summed E-state index contributed by atoms with van der Waals surface area (Å²) in [6, 6.07) is 7.52. The summed E-state index contributed by atoms with van der Waals surface area (Å²) < 4.78 is 0. The number of hydrogen-bond donors (Lipinski definition) is 2. The maximum Gasteiger partial charge on any atom is 0.188 e. The molecule has 2 aromatic heterocycles. The van der Waals surface area contributed by atoms with Gasteiger partial charge in [0.2, 0.25) is 0 Å². The Hall–Kier alpha value is -2.19. The smallest absolute Gasteiger partial charge is 0.188 e. The summed E-state index contributed by atoms with van der Waals surface area (Å²) in [5, 5.41) is 6.13. The number of hydrazone groups is 1. The van der Waals surface area contributed by atoms with E-state index in [-0.39, 0.29) is 5.54 Å². The summed E-state index contributed by atoms with van der Waals surface area (Å²) in [4.78, 5) is 13.0. The fraction of sp³-hybridized carbons (Fsp3) is 0.333. The molecule has 0 aliphatic heterocycles. The molecular weight excluding hydrogens is 310 g/mol. The highest BCUT2D eigenvalue weighted by molar-refractivity contribution is 7.99. The number of hydrogen-bond acceptors (Lipinski definition) is 7. The largest absolute Gasteiger partial charge is 0.385 e. The van der Waals surface area contributed by atoms with Crippen LogP contribution in [-0.4, -0.2) is 37.2 Å². The first kappa shape index (κ1) is 17.2. The van der Waals surface area contributed by atoms with Crippen molar-refractivity contribution in [3.05, 3.63) is 36.7 Å². The molecule has 0 saturated carbocycles. The Morgan fingerprint density at radius 2 is 1.96 bits per heavy atom. The Balaban J connectivity index is 2.03. The minimum atomic E-state index is -0.287. The van der Waals surface area contributed by atoms with Crippen molar-refractivity contribution in [3.8, 4) is 11.4 Å². The van der Waals surface area contributed by atoms with Crippen LogP contribution in [0.15, 0.2) is 46.9 Å². The van der Waals surface area contributed by atoms with Crippen LogP contribution < -0.4 is 11.6 Å². The molecule has 0 fully saturated rings. The standard InChI is InChI=1S/C15H21N7S/c1-15(2,3)22(17)21-13(16)10-23-14-19-9-7-12(20-14)11-6-4-5-8-18-11/h4-9H,10,17H2,1-3H3,(H2,16,21). The Morgan fingerprint density at radius 1 is 1.17 bits per heavy atom. The van der Waals surface area contributed by atoms with Crippen molar-refractivity contribution in [1.82, 2.24) is 20.1 Å². The van der Waals surface area contributed by atoms with Crippen molar-refractivity contribution >= 4 is 17.6 Å². The zero-order valence-corrected chi connectivity index (χ0v) is 14.3. The minimum Gasteiger partial charge on any atom is -0.385 e. The van der Waals surface area contributed by atoms with Gasteiger partial charge in [0, 0.05) is 12.4 Å². The SMILES string of the molecule is CC(C)(C)N(N)/N=C(\N)CSc1nccc(-c2ccccn2)n1. The van der Waals surface area contributed by atoms with E-state index in [1.54, 1.807) is 12.4 Å². The highest BCUT2D eigenvalue weighted by Gasteiger charge is 2.16. The minimum absolute atomic E-state index is 0.287. The second kappa shape index (κ2) is 7.38. The van der Waals surface area contributed by atoms with E-state index in [2.05, 4.69) is 20.1 Å². The van der Waals surface area contributed by atoms with Crippen LogP contribution in [0.5, 0.6) is 0 Å². The lowest BCUT2D eigenvalue weighted by atomic mass is 10.1. The number of amidine groups is 1. The van der Waals surface area contributed by atoms with Gasteiger partial charge in [-0.2, -0.15) is 0 Å². The van der Waals surface area contributed by atoms with Crippen LogP contribution in [0.3, 0.4) is 0 Å². The predicted molar refractivity (Wildman–Crippen MR) is 93.4 cm³/mol. The van der Waals surface area contributed by atoms with Crippen molar-refractivity contribution in [2.75, 3.05) is 5.75 Å². The van der Waals surface area contributed by atoms with E-state index in [1.807, 2.05) is 45.0 Å². The van der Waals surface area contributed by atoms with Gasteiger partial charge in [-0.1, -0.05) is 17.8 Å². The topological polar surface area (TPSA) is 106 Å². The van der Waals surface area contributed by atoms with Crippen LogP contribution in [0, 0.1) is 0 Å². The fourth-order valence-electron chi connectivity index (χ4n) is 1.52. The number of hydrazine groups is 1. The van der Waals surface area contributed by atoms with Crippen LogP contribution in [0.2, 0.25) is 0 Å². The number of aromatic nitrogens is 3. The molecule has 0 aliphatic carbocycles. The lowest BCUT2D eigenvalue weighted by molar-refractivity contribution is 0.145. The molecule has 0 radical (unpaired) electrons. The second-order valence-electron chi connectivity index (χ2n) is 5.83. The van der Waals surface area contributed by atoms with E-state index < -0.39 is 0 Å².